The van der Waals surface area contributed by atoms with Crippen molar-refractivity contribution in [1.29, 1.82) is 0 Å². The van der Waals surface area contributed by atoms with E-state index in [0.717, 1.165) is 5.56 Å². The largest absolute Gasteiger partial charge is 0.383 e. The Kier molecular flexibility index (Phi) is 10.3. The molecule has 3 heterocycles. The normalized spacial score (nSPS) is 13.1. The summed E-state index contributed by atoms with van der Waals surface area (Å²) in [5.41, 5.74) is 2.14. The van der Waals surface area contributed by atoms with Crippen molar-refractivity contribution in [1.82, 2.24) is 25.1 Å². The maximum Gasteiger partial charge on any atom is 0.285 e. The van der Waals surface area contributed by atoms with Gasteiger partial charge in [0.2, 0.25) is 5.01 Å². The molecule has 1 N–H and O–H groups in total. The number of aromatic nitrogens is 4. The topological polar surface area (TPSA) is 132 Å². The number of amides is 2. The quantitative estimate of drug-likeness (QED) is 0.257. The zero-order chi connectivity index (χ0) is 30.0. The first-order chi connectivity index (χ1) is 21.1. The maximum atomic E-state index is 13.7. The number of nitrogens with one attached hydrogen (secondary N) is 1. The third kappa shape index (κ3) is 7.56. The van der Waals surface area contributed by atoms with Crippen molar-refractivity contribution in [3.05, 3.63) is 71.4 Å². The van der Waals surface area contributed by atoms with E-state index in [9.17, 15) is 9.59 Å². The van der Waals surface area contributed by atoms with Gasteiger partial charge in [-0.15, -0.1) is 10.2 Å². The highest BCUT2D eigenvalue weighted by atomic mass is 32.1. The van der Waals surface area contributed by atoms with Crippen molar-refractivity contribution < 1.29 is 23.8 Å². The molecule has 5 rings (SSSR count). The number of rotatable bonds is 12. The fraction of sp³-hybridized carbons (Fsp3) is 0.333. The molecule has 0 bridgehead atoms. The van der Waals surface area contributed by atoms with Gasteiger partial charge in [0.05, 0.1) is 32.1 Å². The van der Waals surface area contributed by atoms with Gasteiger partial charge >= 0.3 is 0 Å². The maximum absolute atomic E-state index is 13.7. The predicted molar refractivity (Wildman–Crippen MR) is 163 cm³/mol. The Morgan fingerprint density at radius 3 is 2.37 bits per heavy atom. The second kappa shape index (κ2) is 14.7. The van der Waals surface area contributed by atoms with E-state index in [4.69, 9.17) is 19.2 Å². The Balaban J connectivity index is 1.44. The molecular formula is C30H33N7O5S. The van der Waals surface area contributed by atoms with E-state index in [0.29, 0.717) is 80.5 Å². The number of para-hydroxylation sites is 1. The van der Waals surface area contributed by atoms with Gasteiger partial charge in [-0.3, -0.25) is 9.59 Å². The number of ether oxygens (including phenoxy) is 3. The summed E-state index contributed by atoms with van der Waals surface area (Å²) in [6.07, 6.45) is 0. The van der Waals surface area contributed by atoms with Crippen LogP contribution in [0.2, 0.25) is 0 Å². The number of hydrogen-bond donors (Lipinski definition) is 1. The van der Waals surface area contributed by atoms with Crippen LogP contribution >= 0.6 is 11.3 Å². The van der Waals surface area contributed by atoms with Crippen LogP contribution in [0.1, 0.15) is 20.3 Å². The SMILES string of the molecule is COCCN(CCOC)c1cc(C(=O)Nc2ccccc2-c2nnc(C(=O)N3CCOCC3)s2)nc(-c2ccccc2)n1. The minimum Gasteiger partial charge on any atom is -0.383 e. The minimum absolute atomic E-state index is 0.179. The Hall–Kier alpha value is -4.30. The number of benzene rings is 2. The minimum atomic E-state index is -0.416. The Labute approximate surface area is 253 Å². The molecule has 1 aliphatic rings. The summed E-state index contributed by atoms with van der Waals surface area (Å²) in [4.78, 5) is 39.8. The standard InChI is InChI=1S/C30H33N7O5S/c1-40-16-12-36(13-17-41-2)25-20-24(31-26(33-25)21-8-4-3-5-9-21)27(38)32-23-11-7-6-10-22(23)28-34-35-29(43-28)30(39)37-14-18-42-19-15-37/h3-11,20H,12-19H2,1-2H3,(H,32,38). The van der Waals surface area contributed by atoms with Crippen LogP contribution in [-0.2, 0) is 14.2 Å². The van der Waals surface area contributed by atoms with Gasteiger partial charge in [-0.2, -0.15) is 0 Å². The van der Waals surface area contributed by atoms with E-state index in [1.54, 1.807) is 31.3 Å². The highest BCUT2D eigenvalue weighted by Gasteiger charge is 2.24. The van der Waals surface area contributed by atoms with E-state index in [1.807, 2.05) is 53.4 Å². The number of anilines is 2. The summed E-state index contributed by atoms with van der Waals surface area (Å²) in [7, 11) is 3.28. The van der Waals surface area contributed by atoms with Gasteiger partial charge in [-0.25, -0.2) is 9.97 Å². The number of carbonyl (C=O) groups excluding carboxylic acids is 2. The molecular weight excluding hydrogens is 570 g/mol. The number of carbonyl (C=O) groups is 2. The third-order valence-electron chi connectivity index (χ3n) is 6.74. The summed E-state index contributed by atoms with van der Waals surface area (Å²) in [6.45, 7) is 4.08. The lowest BCUT2D eigenvalue weighted by Crippen LogP contribution is -2.40. The molecule has 43 heavy (non-hydrogen) atoms. The summed E-state index contributed by atoms with van der Waals surface area (Å²) in [5.74, 6) is 0.409. The van der Waals surface area contributed by atoms with E-state index < -0.39 is 5.91 Å². The van der Waals surface area contributed by atoms with Gasteiger partial charge in [-0.05, 0) is 12.1 Å². The van der Waals surface area contributed by atoms with E-state index in [1.165, 1.54) is 11.3 Å². The first-order valence-corrected chi connectivity index (χ1v) is 14.7. The van der Waals surface area contributed by atoms with Crippen molar-refractivity contribution in [3.63, 3.8) is 0 Å². The highest BCUT2D eigenvalue weighted by molar-refractivity contribution is 7.16. The summed E-state index contributed by atoms with van der Waals surface area (Å²) >= 11 is 1.18. The Morgan fingerprint density at radius 2 is 1.65 bits per heavy atom. The van der Waals surface area contributed by atoms with E-state index in [-0.39, 0.29) is 16.6 Å². The molecule has 0 unspecified atom stereocenters. The lowest BCUT2D eigenvalue weighted by atomic mass is 10.1. The zero-order valence-electron chi connectivity index (χ0n) is 24.1. The molecule has 224 valence electrons. The molecule has 0 aliphatic carbocycles. The lowest BCUT2D eigenvalue weighted by molar-refractivity contribution is 0.0302. The summed E-state index contributed by atoms with van der Waals surface area (Å²) in [6, 6.07) is 18.4. The van der Waals surface area contributed by atoms with Crippen LogP contribution in [0.3, 0.4) is 0 Å². The molecule has 1 aliphatic heterocycles. The van der Waals surface area contributed by atoms with Crippen LogP contribution in [0.15, 0.2) is 60.7 Å². The first kappa shape index (κ1) is 30.2. The lowest BCUT2D eigenvalue weighted by Gasteiger charge is -2.25. The molecule has 0 saturated carbocycles. The van der Waals surface area contributed by atoms with Crippen LogP contribution in [0, 0.1) is 0 Å². The number of methoxy groups -OCH3 is 2. The smallest absolute Gasteiger partial charge is 0.285 e. The molecule has 1 saturated heterocycles. The zero-order valence-corrected chi connectivity index (χ0v) is 24.9. The second-order valence-corrected chi connectivity index (χ2v) is 10.6. The average Bonchev–Trinajstić information content (AvgIpc) is 3.55. The molecule has 2 aromatic carbocycles. The van der Waals surface area contributed by atoms with E-state index >= 15 is 0 Å². The number of morpholine rings is 1. The molecule has 2 amide bonds. The highest BCUT2D eigenvalue weighted by Crippen LogP contribution is 2.31. The van der Waals surface area contributed by atoms with Gasteiger partial charge < -0.3 is 29.3 Å². The Morgan fingerprint density at radius 1 is 0.953 bits per heavy atom. The van der Waals surface area contributed by atoms with Gasteiger partial charge in [0.1, 0.15) is 16.5 Å². The molecule has 13 heteroatoms. The molecule has 2 aromatic heterocycles. The molecule has 0 radical (unpaired) electrons. The third-order valence-corrected chi connectivity index (χ3v) is 7.69. The predicted octanol–water partition coefficient (Wildman–Crippen LogP) is 3.49. The molecule has 1 fully saturated rings. The molecule has 0 atom stereocenters. The summed E-state index contributed by atoms with van der Waals surface area (Å²) in [5, 5.41) is 12.2. The first-order valence-electron chi connectivity index (χ1n) is 13.9. The van der Waals surface area contributed by atoms with Crippen molar-refractivity contribution in [2.24, 2.45) is 0 Å². The Bertz CT molecular complexity index is 1520. The van der Waals surface area contributed by atoms with Gasteiger partial charge in [0.25, 0.3) is 11.8 Å². The molecule has 4 aromatic rings. The van der Waals surface area contributed by atoms with Crippen molar-refractivity contribution in [3.8, 4) is 22.0 Å². The fourth-order valence-electron chi connectivity index (χ4n) is 4.46. The van der Waals surface area contributed by atoms with Gasteiger partial charge in [-0.1, -0.05) is 53.8 Å². The van der Waals surface area contributed by atoms with Gasteiger partial charge in [0, 0.05) is 57.6 Å². The number of hydrogen-bond acceptors (Lipinski definition) is 11. The van der Waals surface area contributed by atoms with Crippen molar-refractivity contribution >= 4 is 34.7 Å². The fourth-order valence-corrected chi connectivity index (χ4v) is 5.31. The average molecular weight is 604 g/mol. The van der Waals surface area contributed by atoms with Crippen LogP contribution < -0.4 is 10.2 Å². The number of nitrogens with zero attached hydrogens (tertiary/aromatic N) is 6. The summed E-state index contributed by atoms with van der Waals surface area (Å²) < 4.78 is 16.0. The van der Waals surface area contributed by atoms with Crippen LogP contribution in [-0.4, -0.2) is 104 Å². The molecule has 12 nitrogen and oxygen atoms in total. The van der Waals surface area contributed by atoms with Crippen LogP contribution in [0.25, 0.3) is 22.0 Å². The van der Waals surface area contributed by atoms with Crippen molar-refractivity contribution in [2.75, 3.05) is 77.0 Å². The van der Waals surface area contributed by atoms with Crippen LogP contribution in [0.5, 0.6) is 0 Å². The van der Waals surface area contributed by atoms with Crippen molar-refractivity contribution in [2.45, 2.75) is 0 Å². The van der Waals surface area contributed by atoms with Crippen LogP contribution in [0.4, 0.5) is 11.5 Å². The van der Waals surface area contributed by atoms with E-state index in [2.05, 4.69) is 20.5 Å². The van der Waals surface area contributed by atoms with Gasteiger partial charge in [0.15, 0.2) is 5.82 Å². The monoisotopic (exact) mass is 603 g/mol. The molecule has 0 spiro atoms. The second-order valence-electron chi connectivity index (χ2n) is 9.59.